The molecule has 0 radical (unpaired) electrons. The Kier molecular flexibility index (Phi) is 3.42. The molecule has 1 heterocycles. The van der Waals surface area contributed by atoms with Crippen molar-refractivity contribution in [2.75, 3.05) is 0 Å². The van der Waals surface area contributed by atoms with Crippen LogP contribution in [0.5, 0.6) is 0 Å². The maximum absolute atomic E-state index is 12.3. The van der Waals surface area contributed by atoms with Crippen molar-refractivity contribution in [1.82, 2.24) is 0 Å². The number of carbonyl (C=O) groups excluding carboxylic acids is 2. The quantitative estimate of drug-likeness (QED) is 0.746. The van der Waals surface area contributed by atoms with Crippen LogP contribution < -0.4 is 0 Å². The largest absolute Gasteiger partial charge is 0.451 e. The smallest absolute Gasteiger partial charge is 0.292 e. The predicted molar refractivity (Wildman–Crippen MR) is 61.9 cm³/mol. The molecule has 1 aromatic rings. The Labute approximate surface area is 109 Å². The molecule has 1 atom stereocenters. The Morgan fingerprint density at radius 1 is 1.39 bits per heavy atom. The van der Waals surface area contributed by atoms with Gasteiger partial charge in [0.25, 0.3) is 5.78 Å². The van der Waals surface area contributed by atoms with Gasteiger partial charge in [-0.15, -0.1) is 11.8 Å². The highest BCUT2D eigenvalue weighted by molar-refractivity contribution is 8.00. The minimum Gasteiger partial charge on any atom is -0.292 e. The Morgan fingerprint density at radius 3 is 2.67 bits per heavy atom. The highest BCUT2D eigenvalue weighted by Crippen LogP contribution is 2.35. The number of thioether (sulfide) groups is 1. The molecule has 1 aliphatic heterocycles. The van der Waals surface area contributed by atoms with E-state index in [-0.39, 0.29) is 11.3 Å². The summed E-state index contributed by atoms with van der Waals surface area (Å²) >= 11 is 6.41. The van der Waals surface area contributed by atoms with Crippen molar-refractivity contribution in [3.8, 4) is 0 Å². The molecule has 0 N–H and O–H groups in total. The van der Waals surface area contributed by atoms with Crippen molar-refractivity contribution in [1.29, 1.82) is 0 Å². The van der Waals surface area contributed by atoms with E-state index in [4.69, 9.17) is 11.6 Å². The molecular weight excluding hydrogens is 289 g/mol. The fourth-order valence-corrected chi connectivity index (χ4v) is 3.00. The molecule has 0 saturated heterocycles. The molecule has 18 heavy (non-hydrogen) atoms. The summed E-state index contributed by atoms with van der Waals surface area (Å²) in [4.78, 5) is 22.9. The number of carbonyl (C=O) groups is 2. The SMILES string of the molecule is O=C1c2ccc(Cl)cc2CSC1C(=O)C(F)(F)F. The number of rotatable bonds is 1. The summed E-state index contributed by atoms with van der Waals surface area (Å²) in [6.07, 6.45) is -4.99. The van der Waals surface area contributed by atoms with Crippen molar-refractivity contribution in [2.24, 2.45) is 0 Å². The fraction of sp³-hybridized carbons (Fsp3) is 0.273. The van der Waals surface area contributed by atoms with E-state index in [0.717, 1.165) is 0 Å². The Hall–Kier alpha value is -1.01. The summed E-state index contributed by atoms with van der Waals surface area (Å²) < 4.78 is 36.9. The number of hydrogen-bond donors (Lipinski definition) is 0. The molecule has 0 aliphatic carbocycles. The van der Waals surface area contributed by atoms with E-state index in [0.29, 0.717) is 22.3 Å². The standard InChI is InChI=1S/C11H6ClF3O2S/c12-6-1-2-7-5(3-6)4-18-9(8(7)16)10(17)11(13,14)15/h1-3,9H,4H2. The van der Waals surface area contributed by atoms with Crippen LogP contribution in [0, 0.1) is 0 Å². The second-order valence-corrected chi connectivity index (χ2v) is 5.25. The van der Waals surface area contributed by atoms with Gasteiger partial charge in [0.2, 0.25) is 0 Å². The van der Waals surface area contributed by atoms with Gasteiger partial charge in [0.1, 0.15) is 5.25 Å². The Balaban J connectivity index is 2.35. The molecule has 0 aromatic heterocycles. The molecule has 2 rings (SSSR count). The van der Waals surface area contributed by atoms with Gasteiger partial charge in [-0.3, -0.25) is 9.59 Å². The van der Waals surface area contributed by atoms with Gasteiger partial charge < -0.3 is 0 Å². The van der Waals surface area contributed by atoms with Gasteiger partial charge in [0, 0.05) is 16.3 Å². The number of halogens is 4. The van der Waals surface area contributed by atoms with Crippen molar-refractivity contribution < 1.29 is 22.8 Å². The van der Waals surface area contributed by atoms with E-state index in [2.05, 4.69) is 0 Å². The van der Waals surface area contributed by atoms with Crippen molar-refractivity contribution in [3.63, 3.8) is 0 Å². The summed E-state index contributed by atoms with van der Waals surface area (Å²) in [5, 5.41) is -1.29. The third-order valence-electron chi connectivity index (χ3n) is 2.49. The highest BCUT2D eigenvalue weighted by atomic mass is 35.5. The Morgan fingerprint density at radius 2 is 2.06 bits per heavy atom. The molecule has 0 bridgehead atoms. The van der Waals surface area contributed by atoms with Crippen LogP contribution in [-0.4, -0.2) is 23.0 Å². The summed E-state index contributed by atoms with van der Waals surface area (Å²) in [5.41, 5.74) is 0.699. The van der Waals surface area contributed by atoms with E-state index in [1.807, 2.05) is 0 Å². The lowest BCUT2D eigenvalue weighted by Gasteiger charge is -2.22. The molecule has 0 spiro atoms. The molecule has 1 aromatic carbocycles. The van der Waals surface area contributed by atoms with Gasteiger partial charge in [-0.05, 0) is 23.8 Å². The third kappa shape index (κ3) is 2.40. The zero-order valence-electron chi connectivity index (χ0n) is 8.75. The average molecular weight is 295 g/mol. The summed E-state index contributed by atoms with van der Waals surface area (Å²) in [5.74, 6) is -2.65. The maximum Gasteiger partial charge on any atom is 0.451 e. The normalized spacial score (nSPS) is 19.6. The third-order valence-corrected chi connectivity index (χ3v) is 3.97. The summed E-state index contributed by atoms with van der Waals surface area (Å²) in [6, 6.07) is 4.30. The van der Waals surface area contributed by atoms with Crippen LogP contribution in [0.25, 0.3) is 0 Å². The number of fused-ring (bicyclic) bond motifs is 1. The zero-order valence-corrected chi connectivity index (χ0v) is 10.3. The molecule has 0 fully saturated rings. The van der Waals surface area contributed by atoms with Gasteiger partial charge in [-0.2, -0.15) is 13.2 Å². The summed E-state index contributed by atoms with van der Waals surface area (Å²) in [7, 11) is 0. The minimum absolute atomic E-state index is 0.140. The second kappa shape index (κ2) is 4.59. The van der Waals surface area contributed by atoms with Crippen molar-refractivity contribution >= 4 is 34.9 Å². The van der Waals surface area contributed by atoms with E-state index < -0.39 is 23.0 Å². The Bertz CT molecular complexity index is 528. The van der Waals surface area contributed by atoms with Crippen LogP contribution in [0.15, 0.2) is 18.2 Å². The van der Waals surface area contributed by atoms with E-state index >= 15 is 0 Å². The first-order valence-electron chi connectivity index (χ1n) is 4.86. The first kappa shape index (κ1) is 13.4. The number of ketones is 2. The van der Waals surface area contributed by atoms with Crippen molar-refractivity contribution in [2.45, 2.75) is 17.2 Å². The van der Waals surface area contributed by atoms with Crippen LogP contribution in [0.1, 0.15) is 15.9 Å². The van der Waals surface area contributed by atoms with Crippen LogP contribution in [0.2, 0.25) is 5.02 Å². The average Bonchev–Trinajstić information content (AvgIpc) is 2.27. The van der Waals surface area contributed by atoms with Crippen LogP contribution in [-0.2, 0) is 10.5 Å². The van der Waals surface area contributed by atoms with Gasteiger partial charge in [-0.1, -0.05) is 11.6 Å². The number of alkyl halides is 3. The fourth-order valence-electron chi connectivity index (χ4n) is 1.66. The summed E-state index contributed by atoms with van der Waals surface area (Å²) in [6.45, 7) is 0. The molecule has 0 amide bonds. The second-order valence-electron chi connectivity index (χ2n) is 3.72. The van der Waals surface area contributed by atoms with Gasteiger partial charge in [0.15, 0.2) is 5.78 Å². The molecule has 7 heteroatoms. The minimum atomic E-state index is -4.99. The lowest BCUT2D eigenvalue weighted by atomic mass is 10.00. The molecular formula is C11H6ClF3O2S. The highest BCUT2D eigenvalue weighted by Gasteiger charge is 2.48. The monoisotopic (exact) mass is 294 g/mol. The number of hydrogen-bond acceptors (Lipinski definition) is 3. The number of Topliss-reactive ketones (excluding diaryl/α,β-unsaturated/α-hetero) is 2. The number of benzene rings is 1. The molecule has 1 unspecified atom stereocenters. The van der Waals surface area contributed by atoms with E-state index in [1.165, 1.54) is 18.2 Å². The predicted octanol–water partition coefficient (Wildman–Crippen LogP) is 3.27. The van der Waals surface area contributed by atoms with E-state index in [9.17, 15) is 22.8 Å². The van der Waals surface area contributed by atoms with Crippen LogP contribution in [0.4, 0.5) is 13.2 Å². The molecule has 0 saturated carbocycles. The first-order valence-corrected chi connectivity index (χ1v) is 6.28. The topological polar surface area (TPSA) is 34.1 Å². The first-order chi connectivity index (χ1) is 8.30. The van der Waals surface area contributed by atoms with Crippen LogP contribution >= 0.6 is 23.4 Å². The van der Waals surface area contributed by atoms with Crippen molar-refractivity contribution in [3.05, 3.63) is 34.3 Å². The zero-order chi connectivity index (χ0) is 13.5. The maximum atomic E-state index is 12.3. The van der Waals surface area contributed by atoms with Crippen LogP contribution in [0.3, 0.4) is 0 Å². The molecule has 1 aliphatic rings. The lowest BCUT2D eigenvalue weighted by Crippen LogP contribution is -2.39. The molecule has 2 nitrogen and oxygen atoms in total. The van der Waals surface area contributed by atoms with Gasteiger partial charge in [0.05, 0.1) is 0 Å². The van der Waals surface area contributed by atoms with E-state index in [1.54, 1.807) is 0 Å². The van der Waals surface area contributed by atoms with Gasteiger partial charge >= 0.3 is 6.18 Å². The molecule has 96 valence electrons. The lowest BCUT2D eigenvalue weighted by molar-refractivity contribution is -0.169. The van der Waals surface area contributed by atoms with Gasteiger partial charge in [-0.25, -0.2) is 0 Å².